The first-order chi connectivity index (χ1) is 6.23. The van der Waals surface area contributed by atoms with Crippen LogP contribution in [0.15, 0.2) is 34.1 Å². The lowest BCUT2D eigenvalue weighted by molar-refractivity contribution is 0.480. The van der Waals surface area contributed by atoms with Crippen molar-refractivity contribution < 1.29 is 21.4 Å². The van der Waals surface area contributed by atoms with Crippen molar-refractivity contribution in [3.8, 4) is 0 Å². The monoisotopic (exact) mass is 236 g/mol. The summed E-state index contributed by atoms with van der Waals surface area (Å²) >= 11 is 0. The molecule has 14 heavy (non-hydrogen) atoms. The fourth-order valence-electron chi connectivity index (χ4n) is 0.970. The Balaban J connectivity index is 3.64. The Kier molecular flexibility index (Phi) is 2.66. The summed E-state index contributed by atoms with van der Waals surface area (Å²) in [5, 5.41) is 0. The predicted molar refractivity (Wildman–Crippen MR) is 49.4 cm³/mol. The molecule has 0 heterocycles. The van der Waals surface area contributed by atoms with Crippen LogP contribution in [0.4, 0.5) is 0 Å². The third-order valence-electron chi connectivity index (χ3n) is 1.53. The van der Waals surface area contributed by atoms with Gasteiger partial charge < -0.3 is 0 Å². The van der Waals surface area contributed by atoms with Crippen LogP contribution >= 0.6 is 0 Å². The van der Waals surface area contributed by atoms with Gasteiger partial charge in [0, 0.05) is 6.26 Å². The maximum Gasteiger partial charge on any atom is 0.295 e. The molecule has 0 saturated carbocycles. The van der Waals surface area contributed by atoms with Crippen LogP contribution in [-0.2, 0) is 20.0 Å². The highest BCUT2D eigenvalue weighted by atomic mass is 32.2. The summed E-state index contributed by atoms with van der Waals surface area (Å²) in [6.07, 6.45) is 0.872. The van der Waals surface area contributed by atoms with Gasteiger partial charge in [-0.1, -0.05) is 12.1 Å². The first-order valence-corrected chi connectivity index (χ1v) is 6.82. The van der Waals surface area contributed by atoms with Crippen LogP contribution < -0.4 is 0 Å². The molecule has 0 aliphatic rings. The summed E-state index contributed by atoms with van der Waals surface area (Å²) < 4.78 is 52.6. The highest BCUT2D eigenvalue weighted by Gasteiger charge is 2.20. The molecule has 0 fully saturated rings. The summed E-state index contributed by atoms with van der Waals surface area (Å²) in [6.45, 7) is 0. The van der Waals surface area contributed by atoms with Gasteiger partial charge in [0.15, 0.2) is 9.84 Å². The summed E-state index contributed by atoms with van der Waals surface area (Å²) in [4.78, 5) is -0.995. The van der Waals surface area contributed by atoms with E-state index in [0.29, 0.717) is 0 Å². The molecule has 0 amide bonds. The molecule has 0 spiro atoms. The Morgan fingerprint density at radius 3 is 1.71 bits per heavy atom. The minimum absolute atomic E-state index is 0.400. The minimum Gasteiger partial charge on any atom is -0.282 e. The molecule has 0 aromatic heterocycles. The van der Waals surface area contributed by atoms with Gasteiger partial charge in [-0.3, -0.25) is 4.55 Å². The van der Waals surface area contributed by atoms with Crippen molar-refractivity contribution in [3.63, 3.8) is 0 Å². The van der Waals surface area contributed by atoms with E-state index >= 15 is 0 Å². The Bertz CT molecular complexity index is 490. The molecule has 0 aliphatic heterocycles. The average Bonchev–Trinajstić information content (AvgIpc) is 2.01. The lowest BCUT2D eigenvalue weighted by atomic mass is 10.4. The van der Waals surface area contributed by atoms with Gasteiger partial charge >= 0.3 is 0 Å². The molecule has 1 aromatic carbocycles. The summed E-state index contributed by atoms with van der Waals surface area (Å²) in [5.41, 5.74) is 0. The van der Waals surface area contributed by atoms with Crippen molar-refractivity contribution in [2.75, 3.05) is 6.26 Å². The van der Waals surface area contributed by atoms with Crippen molar-refractivity contribution in [3.05, 3.63) is 24.3 Å². The van der Waals surface area contributed by atoms with Crippen molar-refractivity contribution in [1.29, 1.82) is 0 Å². The maximum atomic E-state index is 11.1. The largest absolute Gasteiger partial charge is 0.295 e. The first kappa shape index (κ1) is 11.2. The van der Waals surface area contributed by atoms with Gasteiger partial charge in [-0.15, -0.1) is 0 Å². The van der Waals surface area contributed by atoms with Crippen LogP contribution in [-0.4, -0.2) is 27.6 Å². The van der Waals surface area contributed by atoms with E-state index in [1.807, 2.05) is 0 Å². The molecule has 5 nitrogen and oxygen atoms in total. The quantitative estimate of drug-likeness (QED) is 0.748. The third kappa shape index (κ3) is 2.31. The smallest absolute Gasteiger partial charge is 0.282 e. The second kappa shape index (κ2) is 3.34. The van der Waals surface area contributed by atoms with Gasteiger partial charge in [-0.05, 0) is 12.1 Å². The van der Waals surface area contributed by atoms with E-state index < -0.39 is 29.7 Å². The van der Waals surface area contributed by atoms with E-state index in [1.165, 1.54) is 12.1 Å². The second-order valence-electron chi connectivity index (χ2n) is 2.69. The van der Waals surface area contributed by atoms with Gasteiger partial charge in [0.25, 0.3) is 10.1 Å². The molecule has 7 heteroatoms. The van der Waals surface area contributed by atoms with E-state index in [0.717, 1.165) is 18.4 Å². The topological polar surface area (TPSA) is 88.5 Å². The highest BCUT2D eigenvalue weighted by Crippen LogP contribution is 2.19. The number of benzene rings is 1. The molecular formula is C7H8O5S2. The average molecular weight is 236 g/mol. The van der Waals surface area contributed by atoms with Gasteiger partial charge in [0.05, 0.1) is 4.90 Å². The van der Waals surface area contributed by atoms with E-state index in [1.54, 1.807) is 0 Å². The number of rotatable bonds is 2. The van der Waals surface area contributed by atoms with E-state index in [9.17, 15) is 16.8 Å². The lowest BCUT2D eigenvalue weighted by Gasteiger charge is -2.03. The standard InChI is InChI=1S/C7H8O5S2/c1-13(8,9)6-4-2-3-5-7(6)14(10,11)12/h2-5H,1H3,(H,10,11,12). The first-order valence-electron chi connectivity index (χ1n) is 3.49. The SMILES string of the molecule is CS(=O)(=O)c1ccccc1S(=O)(=O)O. The Morgan fingerprint density at radius 1 is 1.00 bits per heavy atom. The minimum atomic E-state index is -4.50. The maximum absolute atomic E-state index is 11.1. The third-order valence-corrected chi connectivity index (χ3v) is 3.72. The number of hydrogen-bond donors (Lipinski definition) is 1. The van der Waals surface area contributed by atoms with Gasteiger partial charge in [-0.2, -0.15) is 8.42 Å². The Hall–Kier alpha value is -0.920. The van der Waals surface area contributed by atoms with Crippen LogP contribution in [0.2, 0.25) is 0 Å². The molecule has 0 atom stereocenters. The number of hydrogen-bond acceptors (Lipinski definition) is 4. The molecule has 1 aromatic rings. The summed E-state index contributed by atoms with van der Waals surface area (Å²) in [7, 11) is -8.15. The molecule has 0 unspecified atom stereocenters. The van der Waals surface area contributed by atoms with E-state index in [4.69, 9.17) is 4.55 Å². The van der Waals surface area contributed by atoms with Crippen LogP contribution in [0.1, 0.15) is 0 Å². The fraction of sp³-hybridized carbons (Fsp3) is 0.143. The number of sulfone groups is 1. The van der Waals surface area contributed by atoms with Crippen LogP contribution in [0, 0.1) is 0 Å². The molecule has 0 radical (unpaired) electrons. The van der Waals surface area contributed by atoms with Crippen molar-refractivity contribution in [2.24, 2.45) is 0 Å². The van der Waals surface area contributed by atoms with Crippen molar-refractivity contribution in [2.45, 2.75) is 9.79 Å². The zero-order valence-corrected chi connectivity index (χ0v) is 8.84. The van der Waals surface area contributed by atoms with Gasteiger partial charge in [0.2, 0.25) is 0 Å². The molecule has 0 saturated heterocycles. The van der Waals surface area contributed by atoms with E-state index in [-0.39, 0.29) is 0 Å². The van der Waals surface area contributed by atoms with Crippen molar-refractivity contribution in [1.82, 2.24) is 0 Å². The Labute approximate surface area is 82.1 Å². The molecule has 1 rings (SSSR count). The highest BCUT2D eigenvalue weighted by molar-refractivity contribution is 7.92. The van der Waals surface area contributed by atoms with E-state index in [2.05, 4.69) is 0 Å². The van der Waals surface area contributed by atoms with Crippen LogP contribution in [0.25, 0.3) is 0 Å². The van der Waals surface area contributed by atoms with Gasteiger partial charge in [0.1, 0.15) is 4.90 Å². The lowest BCUT2D eigenvalue weighted by Crippen LogP contribution is -2.07. The normalized spacial score (nSPS) is 12.7. The molecular weight excluding hydrogens is 228 g/mol. The second-order valence-corrected chi connectivity index (χ2v) is 6.07. The summed E-state index contributed by atoms with van der Waals surface area (Å²) in [5.74, 6) is 0. The Morgan fingerprint density at radius 2 is 1.43 bits per heavy atom. The van der Waals surface area contributed by atoms with Crippen LogP contribution in [0.5, 0.6) is 0 Å². The predicted octanol–water partition coefficient (Wildman–Crippen LogP) is 0.337. The fourth-order valence-corrected chi connectivity index (χ4v) is 3.07. The molecule has 0 bridgehead atoms. The summed E-state index contributed by atoms with van der Waals surface area (Å²) in [6, 6.07) is 4.87. The zero-order valence-electron chi connectivity index (χ0n) is 7.21. The zero-order chi connectivity index (χ0) is 11.0. The van der Waals surface area contributed by atoms with Crippen molar-refractivity contribution >= 4 is 20.0 Å². The molecule has 1 N–H and O–H groups in total. The molecule has 78 valence electrons. The molecule has 0 aliphatic carbocycles. The van der Waals surface area contributed by atoms with Gasteiger partial charge in [-0.25, -0.2) is 8.42 Å². The van der Waals surface area contributed by atoms with Crippen LogP contribution in [0.3, 0.4) is 0 Å².